The number of fused-ring (bicyclic) bond motifs is 1. The molecular weight excluding hydrogens is 292 g/mol. The van der Waals surface area contributed by atoms with Crippen LogP contribution in [0.2, 0.25) is 0 Å². The monoisotopic (exact) mass is 310 g/mol. The zero-order valence-corrected chi connectivity index (χ0v) is 13.4. The van der Waals surface area contributed by atoms with Crippen molar-refractivity contribution >= 4 is 11.0 Å². The normalized spacial score (nSPS) is 10.7. The highest BCUT2D eigenvalue weighted by atomic mass is 16.5. The lowest BCUT2D eigenvalue weighted by atomic mass is 10.1. The van der Waals surface area contributed by atoms with E-state index in [0.29, 0.717) is 29.1 Å². The summed E-state index contributed by atoms with van der Waals surface area (Å²) in [5, 5.41) is 0.468. The molecule has 118 valence electrons. The van der Waals surface area contributed by atoms with Gasteiger partial charge in [0.2, 0.25) is 11.2 Å². The second-order valence-corrected chi connectivity index (χ2v) is 5.45. The molecule has 3 aromatic rings. The molecule has 23 heavy (non-hydrogen) atoms. The van der Waals surface area contributed by atoms with E-state index in [1.165, 1.54) is 6.26 Å². The second kappa shape index (κ2) is 6.16. The predicted octanol–water partition coefficient (Wildman–Crippen LogP) is 4.60. The van der Waals surface area contributed by atoms with Gasteiger partial charge in [0.05, 0.1) is 12.0 Å². The Kier molecular flexibility index (Phi) is 4.06. The summed E-state index contributed by atoms with van der Waals surface area (Å²) in [5.41, 5.74) is 2.43. The maximum absolute atomic E-state index is 12.5. The van der Waals surface area contributed by atoms with Crippen LogP contribution >= 0.6 is 0 Å². The molecule has 4 nitrogen and oxygen atoms in total. The summed E-state index contributed by atoms with van der Waals surface area (Å²) in [6.07, 6.45) is 1.35. The lowest BCUT2D eigenvalue weighted by Crippen LogP contribution is -2.05. The first-order valence-corrected chi connectivity index (χ1v) is 7.51. The molecule has 0 bridgehead atoms. The maximum atomic E-state index is 12.5. The molecule has 0 atom stereocenters. The number of ether oxygens (including phenoxy) is 2. The Bertz CT molecular complexity index is 889. The van der Waals surface area contributed by atoms with Crippen LogP contribution in [-0.4, -0.2) is 6.61 Å². The number of rotatable bonds is 4. The largest absolute Gasteiger partial charge is 0.494 e. The molecule has 0 fully saturated rings. The molecule has 0 radical (unpaired) electrons. The van der Waals surface area contributed by atoms with Gasteiger partial charge in [-0.2, -0.15) is 0 Å². The van der Waals surface area contributed by atoms with Crippen LogP contribution in [0.15, 0.2) is 51.9 Å². The van der Waals surface area contributed by atoms with Gasteiger partial charge in [-0.05, 0) is 56.2 Å². The second-order valence-electron chi connectivity index (χ2n) is 5.45. The van der Waals surface area contributed by atoms with Gasteiger partial charge in [-0.3, -0.25) is 4.79 Å². The first-order valence-electron chi connectivity index (χ1n) is 7.51. The van der Waals surface area contributed by atoms with Gasteiger partial charge in [-0.25, -0.2) is 0 Å². The summed E-state index contributed by atoms with van der Waals surface area (Å²) >= 11 is 0. The number of hydrogen-bond acceptors (Lipinski definition) is 4. The topological polar surface area (TPSA) is 48.7 Å². The number of hydrogen-bond donors (Lipinski definition) is 0. The highest BCUT2D eigenvalue weighted by molar-refractivity contribution is 5.79. The Labute approximate surface area is 134 Å². The molecular formula is C19H18O4. The van der Waals surface area contributed by atoms with Crippen LogP contribution in [0.3, 0.4) is 0 Å². The Hall–Kier alpha value is -2.75. The lowest BCUT2D eigenvalue weighted by Gasteiger charge is -2.08. The first kappa shape index (κ1) is 15.2. The summed E-state index contributed by atoms with van der Waals surface area (Å²) in [7, 11) is 0. The van der Waals surface area contributed by atoms with E-state index in [4.69, 9.17) is 13.9 Å². The highest BCUT2D eigenvalue weighted by Crippen LogP contribution is 2.25. The minimum absolute atomic E-state index is 0.173. The quantitative estimate of drug-likeness (QED) is 0.706. The van der Waals surface area contributed by atoms with E-state index in [1.807, 2.05) is 39.0 Å². The SMILES string of the molecule is CCOc1ccc2c(=O)c(Oc3cc(C)cc(C)c3)coc2c1. The van der Waals surface area contributed by atoms with Gasteiger partial charge in [0.25, 0.3) is 0 Å². The third kappa shape index (κ3) is 3.21. The van der Waals surface area contributed by atoms with Crippen molar-refractivity contribution in [1.29, 1.82) is 0 Å². The van der Waals surface area contributed by atoms with Crippen LogP contribution in [0.25, 0.3) is 11.0 Å². The average molecular weight is 310 g/mol. The first-order chi connectivity index (χ1) is 11.1. The van der Waals surface area contributed by atoms with Crippen LogP contribution in [0, 0.1) is 13.8 Å². The zero-order chi connectivity index (χ0) is 16.4. The van der Waals surface area contributed by atoms with E-state index in [9.17, 15) is 4.79 Å². The van der Waals surface area contributed by atoms with Crippen molar-refractivity contribution in [3.05, 3.63) is 64.0 Å². The van der Waals surface area contributed by atoms with Gasteiger partial charge in [0, 0.05) is 6.07 Å². The summed E-state index contributed by atoms with van der Waals surface area (Å²) in [6, 6.07) is 11.0. The van der Waals surface area contributed by atoms with Gasteiger partial charge >= 0.3 is 0 Å². The summed E-state index contributed by atoms with van der Waals surface area (Å²) in [5.74, 6) is 1.47. The minimum atomic E-state index is -0.201. The number of aryl methyl sites for hydroxylation is 2. The Morgan fingerprint density at radius 1 is 1.00 bits per heavy atom. The van der Waals surface area contributed by atoms with E-state index in [2.05, 4.69) is 0 Å². The van der Waals surface area contributed by atoms with Crippen molar-refractivity contribution in [3.8, 4) is 17.2 Å². The molecule has 0 aliphatic heterocycles. The standard InChI is InChI=1S/C19H18O4/c1-4-21-14-5-6-16-17(10-14)22-11-18(19(16)20)23-15-8-12(2)7-13(3)9-15/h5-11H,4H2,1-3H3. The van der Waals surface area contributed by atoms with Crippen molar-refractivity contribution in [2.24, 2.45) is 0 Å². The van der Waals surface area contributed by atoms with Gasteiger partial charge in [0.1, 0.15) is 23.3 Å². The Balaban J connectivity index is 2.00. The molecule has 1 aromatic heterocycles. The fraction of sp³-hybridized carbons (Fsp3) is 0.211. The molecule has 0 saturated carbocycles. The van der Waals surface area contributed by atoms with Crippen molar-refractivity contribution in [2.45, 2.75) is 20.8 Å². The molecule has 0 N–H and O–H groups in total. The van der Waals surface area contributed by atoms with Crippen LogP contribution in [-0.2, 0) is 0 Å². The van der Waals surface area contributed by atoms with Crippen LogP contribution < -0.4 is 14.9 Å². The van der Waals surface area contributed by atoms with Crippen LogP contribution in [0.1, 0.15) is 18.1 Å². The molecule has 0 unspecified atom stereocenters. The van der Waals surface area contributed by atoms with Crippen molar-refractivity contribution < 1.29 is 13.9 Å². The molecule has 0 aliphatic rings. The fourth-order valence-corrected chi connectivity index (χ4v) is 2.54. The predicted molar refractivity (Wildman–Crippen MR) is 89.6 cm³/mol. The van der Waals surface area contributed by atoms with Gasteiger partial charge in [-0.1, -0.05) is 6.07 Å². The van der Waals surface area contributed by atoms with E-state index < -0.39 is 0 Å². The summed E-state index contributed by atoms with van der Waals surface area (Å²) in [6.45, 7) is 6.43. The molecule has 4 heteroatoms. The molecule has 3 rings (SSSR count). The fourth-order valence-electron chi connectivity index (χ4n) is 2.54. The maximum Gasteiger partial charge on any atom is 0.235 e. The Morgan fingerprint density at radius 2 is 1.74 bits per heavy atom. The molecule has 0 aliphatic carbocycles. The third-order valence-corrected chi connectivity index (χ3v) is 3.45. The highest BCUT2D eigenvalue weighted by Gasteiger charge is 2.10. The van der Waals surface area contributed by atoms with E-state index in [0.717, 1.165) is 11.1 Å². The Morgan fingerprint density at radius 3 is 2.43 bits per heavy atom. The number of benzene rings is 2. The van der Waals surface area contributed by atoms with Crippen molar-refractivity contribution in [2.75, 3.05) is 6.61 Å². The van der Waals surface area contributed by atoms with E-state index >= 15 is 0 Å². The molecule has 1 heterocycles. The van der Waals surface area contributed by atoms with Gasteiger partial charge in [-0.15, -0.1) is 0 Å². The zero-order valence-electron chi connectivity index (χ0n) is 13.4. The molecule has 0 saturated heterocycles. The van der Waals surface area contributed by atoms with Crippen LogP contribution in [0.5, 0.6) is 17.2 Å². The van der Waals surface area contributed by atoms with Gasteiger partial charge < -0.3 is 13.9 Å². The molecule has 0 spiro atoms. The smallest absolute Gasteiger partial charge is 0.235 e. The third-order valence-electron chi connectivity index (χ3n) is 3.45. The van der Waals surface area contributed by atoms with E-state index in [-0.39, 0.29) is 11.2 Å². The minimum Gasteiger partial charge on any atom is -0.494 e. The molecule has 0 amide bonds. The average Bonchev–Trinajstić information content (AvgIpc) is 2.49. The van der Waals surface area contributed by atoms with Crippen molar-refractivity contribution in [3.63, 3.8) is 0 Å². The summed E-state index contributed by atoms with van der Waals surface area (Å²) < 4.78 is 16.7. The van der Waals surface area contributed by atoms with Crippen LogP contribution in [0.4, 0.5) is 0 Å². The van der Waals surface area contributed by atoms with E-state index in [1.54, 1.807) is 18.2 Å². The lowest BCUT2D eigenvalue weighted by molar-refractivity contribution is 0.340. The van der Waals surface area contributed by atoms with Crippen molar-refractivity contribution in [1.82, 2.24) is 0 Å². The summed E-state index contributed by atoms with van der Waals surface area (Å²) in [4.78, 5) is 12.5. The molecule has 2 aromatic carbocycles. The van der Waals surface area contributed by atoms with Gasteiger partial charge in [0.15, 0.2) is 0 Å².